The summed E-state index contributed by atoms with van der Waals surface area (Å²) in [4.78, 5) is 53.6. The summed E-state index contributed by atoms with van der Waals surface area (Å²) < 4.78 is 12.2. The summed E-state index contributed by atoms with van der Waals surface area (Å²) in [6.45, 7) is 15.4. The van der Waals surface area contributed by atoms with Gasteiger partial charge in [0.2, 0.25) is 5.91 Å². The van der Waals surface area contributed by atoms with Gasteiger partial charge in [0.1, 0.15) is 12.3 Å². The molecule has 0 unspecified atom stereocenters. The highest BCUT2D eigenvalue weighted by atomic mass is 32.2. The largest absolute Gasteiger partial charge is 0.456 e. The standard InChI is InChI=1S/C31H40N2O7SSi/c1-20(2)27(29(36)39-19-21-14-16-22(17-15-21)33(37)38)32-24(18-25(34)41-23-12-10-9-11-13-23)26(28(32)35)31(6,30(3,4)5)40-42(7)8/h9-17,24,26,42H,18-19H2,1-8H3/t24-,26-,31-/m1/s1. The minimum atomic E-state index is -1.63. The van der Waals surface area contributed by atoms with Crippen LogP contribution in [0.25, 0.3) is 0 Å². The number of benzene rings is 2. The number of non-ortho nitro benzene ring substituents is 1. The number of carbonyl (C=O) groups excluding carboxylic acids is 3. The van der Waals surface area contributed by atoms with Crippen molar-refractivity contribution >= 4 is 43.5 Å². The Morgan fingerprint density at radius 3 is 2.12 bits per heavy atom. The lowest BCUT2D eigenvalue weighted by Gasteiger charge is -2.58. The van der Waals surface area contributed by atoms with Crippen molar-refractivity contribution in [1.82, 2.24) is 4.90 Å². The first kappa shape index (κ1) is 33.2. The average Bonchev–Trinajstić information content (AvgIpc) is 2.89. The van der Waals surface area contributed by atoms with E-state index in [0.29, 0.717) is 11.1 Å². The van der Waals surface area contributed by atoms with E-state index in [2.05, 4.69) is 0 Å². The summed E-state index contributed by atoms with van der Waals surface area (Å²) >= 11 is 1.11. The molecule has 0 bridgehead atoms. The van der Waals surface area contributed by atoms with Gasteiger partial charge in [0.15, 0.2) is 14.2 Å². The number of ether oxygens (including phenoxy) is 1. The summed E-state index contributed by atoms with van der Waals surface area (Å²) in [6, 6.07) is 14.4. The van der Waals surface area contributed by atoms with E-state index in [0.717, 1.165) is 16.7 Å². The van der Waals surface area contributed by atoms with Crippen LogP contribution in [0, 0.1) is 21.4 Å². The number of hydrogen-bond donors (Lipinski definition) is 0. The molecule has 1 amide bonds. The number of nitro groups is 1. The van der Waals surface area contributed by atoms with Gasteiger partial charge in [-0.05, 0) is 74.7 Å². The Kier molecular flexibility index (Phi) is 10.6. The third-order valence-corrected chi connectivity index (χ3v) is 9.42. The third kappa shape index (κ3) is 7.37. The number of thioether (sulfide) groups is 1. The van der Waals surface area contributed by atoms with Gasteiger partial charge >= 0.3 is 5.97 Å². The summed E-state index contributed by atoms with van der Waals surface area (Å²) in [5.74, 6) is -1.64. The molecule has 226 valence electrons. The van der Waals surface area contributed by atoms with Gasteiger partial charge in [-0.25, -0.2) is 4.79 Å². The Hall–Kier alpha value is -3.28. The monoisotopic (exact) mass is 612 g/mol. The molecule has 1 aliphatic heterocycles. The molecule has 1 fully saturated rings. The van der Waals surface area contributed by atoms with E-state index in [1.54, 1.807) is 13.8 Å². The van der Waals surface area contributed by atoms with Gasteiger partial charge in [-0.3, -0.25) is 19.7 Å². The van der Waals surface area contributed by atoms with E-state index in [9.17, 15) is 24.5 Å². The van der Waals surface area contributed by atoms with Crippen LogP contribution in [0.1, 0.15) is 53.5 Å². The van der Waals surface area contributed by atoms with Gasteiger partial charge < -0.3 is 14.1 Å². The number of allylic oxidation sites excluding steroid dienone is 1. The molecule has 2 aromatic rings. The van der Waals surface area contributed by atoms with Crippen molar-refractivity contribution in [2.45, 2.75) is 84.2 Å². The van der Waals surface area contributed by atoms with Crippen molar-refractivity contribution in [3.05, 3.63) is 81.5 Å². The van der Waals surface area contributed by atoms with E-state index < -0.39 is 42.9 Å². The van der Waals surface area contributed by atoms with Crippen LogP contribution < -0.4 is 0 Å². The zero-order valence-corrected chi connectivity index (χ0v) is 27.5. The number of carbonyl (C=O) groups is 3. The van der Waals surface area contributed by atoms with E-state index in [1.807, 2.05) is 71.1 Å². The fraction of sp³-hybridized carbons (Fsp3) is 0.452. The molecule has 0 aromatic heterocycles. The van der Waals surface area contributed by atoms with Crippen LogP contribution in [0.5, 0.6) is 0 Å². The fourth-order valence-corrected chi connectivity index (χ4v) is 7.44. The van der Waals surface area contributed by atoms with E-state index >= 15 is 0 Å². The van der Waals surface area contributed by atoms with E-state index in [1.165, 1.54) is 29.2 Å². The zero-order chi connectivity index (χ0) is 31.4. The molecule has 0 saturated carbocycles. The smallest absolute Gasteiger partial charge is 0.355 e. The highest BCUT2D eigenvalue weighted by Gasteiger charge is 2.62. The van der Waals surface area contributed by atoms with Crippen LogP contribution in [0.15, 0.2) is 70.8 Å². The molecule has 3 atom stereocenters. The first-order valence-corrected chi connectivity index (χ1v) is 17.5. The second kappa shape index (κ2) is 13.3. The molecule has 1 saturated heterocycles. The number of β-lactam (4-membered cyclic amide) rings is 1. The minimum absolute atomic E-state index is 0.0249. The Morgan fingerprint density at radius 1 is 1.02 bits per heavy atom. The van der Waals surface area contributed by atoms with Gasteiger partial charge in [0, 0.05) is 23.4 Å². The number of nitro benzene ring substituents is 1. The Balaban J connectivity index is 1.93. The number of esters is 1. The number of nitrogens with zero attached hydrogens (tertiary/aromatic N) is 2. The highest BCUT2D eigenvalue weighted by Crippen LogP contribution is 2.50. The Bertz CT molecular complexity index is 1350. The van der Waals surface area contributed by atoms with Crippen molar-refractivity contribution in [2.75, 3.05) is 0 Å². The van der Waals surface area contributed by atoms with Gasteiger partial charge in [-0.1, -0.05) is 50.7 Å². The summed E-state index contributed by atoms with van der Waals surface area (Å²) in [5, 5.41) is 10.8. The maximum Gasteiger partial charge on any atom is 0.355 e. The van der Waals surface area contributed by atoms with Gasteiger partial charge in [-0.15, -0.1) is 0 Å². The molecule has 0 N–H and O–H groups in total. The lowest BCUT2D eigenvalue weighted by molar-refractivity contribution is -0.384. The third-order valence-electron chi connectivity index (χ3n) is 7.56. The molecular formula is C31H40N2O7SSi. The quantitative estimate of drug-likeness (QED) is 0.0554. The topological polar surface area (TPSA) is 116 Å². The van der Waals surface area contributed by atoms with Gasteiger partial charge in [0.25, 0.3) is 5.69 Å². The first-order chi connectivity index (χ1) is 19.6. The first-order valence-electron chi connectivity index (χ1n) is 13.9. The molecule has 0 aliphatic carbocycles. The molecular weight excluding hydrogens is 573 g/mol. The van der Waals surface area contributed by atoms with Crippen LogP contribution in [-0.4, -0.2) is 47.5 Å². The van der Waals surface area contributed by atoms with Crippen molar-refractivity contribution < 1.29 is 28.5 Å². The summed E-state index contributed by atoms with van der Waals surface area (Å²) in [5.41, 5.74) is -0.151. The molecule has 0 radical (unpaired) electrons. The molecule has 1 heterocycles. The van der Waals surface area contributed by atoms with Gasteiger partial charge in [-0.2, -0.15) is 0 Å². The maximum atomic E-state index is 14.1. The summed E-state index contributed by atoms with van der Waals surface area (Å²) in [7, 11) is -1.63. The Labute approximate surface area is 253 Å². The van der Waals surface area contributed by atoms with Crippen molar-refractivity contribution in [2.24, 2.45) is 11.3 Å². The van der Waals surface area contributed by atoms with Crippen LogP contribution >= 0.6 is 11.8 Å². The lowest BCUT2D eigenvalue weighted by atomic mass is 9.63. The predicted molar refractivity (Wildman–Crippen MR) is 165 cm³/mol. The average molecular weight is 613 g/mol. The van der Waals surface area contributed by atoms with Crippen molar-refractivity contribution in [3.63, 3.8) is 0 Å². The Morgan fingerprint density at radius 2 is 1.62 bits per heavy atom. The van der Waals surface area contributed by atoms with Crippen LogP contribution in [-0.2, 0) is 30.2 Å². The molecule has 11 heteroatoms. The molecule has 42 heavy (non-hydrogen) atoms. The lowest BCUT2D eigenvalue weighted by Crippen LogP contribution is -2.72. The highest BCUT2D eigenvalue weighted by molar-refractivity contribution is 8.13. The van der Waals surface area contributed by atoms with Gasteiger partial charge in [0.05, 0.1) is 22.5 Å². The minimum Gasteiger partial charge on any atom is -0.456 e. The van der Waals surface area contributed by atoms with Crippen LogP contribution in [0.4, 0.5) is 5.69 Å². The fourth-order valence-electron chi connectivity index (χ4n) is 5.15. The number of likely N-dealkylation sites (tertiary alicyclic amines) is 1. The van der Waals surface area contributed by atoms with E-state index in [-0.39, 0.29) is 35.4 Å². The van der Waals surface area contributed by atoms with Crippen LogP contribution in [0.2, 0.25) is 13.1 Å². The second-order valence-corrected chi connectivity index (χ2v) is 15.6. The number of hydrogen-bond acceptors (Lipinski definition) is 8. The predicted octanol–water partition coefficient (Wildman–Crippen LogP) is 6.27. The zero-order valence-electron chi connectivity index (χ0n) is 25.5. The number of amides is 1. The second-order valence-electron chi connectivity index (χ2n) is 12.1. The molecule has 2 aromatic carbocycles. The molecule has 1 aliphatic rings. The summed E-state index contributed by atoms with van der Waals surface area (Å²) in [6.07, 6.45) is 0.0249. The van der Waals surface area contributed by atoms with Crippen LogP contribution in [0.3, 0.4) is 0 Å². The molecule has 3 rings (SSSR count). The normalized spacial score (nSPS) is 18.2. The van der Waals surface area contributed by atoms with E-state index in [4.69, 9.17) is 9.16 Å². The SMILES string of the molecule is CC(C)=C(C(=O)OCc1ccc([N+](=O)[O-])cc1)N1C(=O)[C@H]([C@@](C)(O[SiH](C)C)C(C)(C)C)[C@H]1CC(=O)Sc1ccccc1. The maximum absolute atomic E-state index is 14.1. The number of rotatable bonds is 11. The molecule has 9 nitrogen and oxygen atoms in total. The molecule has 0 spiro atoms. The van der Waals surface area contributed by atoms with Crippen molar-refractivity contribution in [3.8, 4) is 0 Å². The van der Waals surface area contributed by atoms with Crippen molar-refractivity contribution in [1.29, 1.82) is 0 Å².